The van der Waals surface area contributed by atoms with Gasteiger partial charge in [-0.3, -0.25) is 9.78 Å². The number of benzene rings is 1. The third kappa shape index (κ3) is 4.49. The standard InChI is InChI=1S/C21H23Cl2N5O/c1-21(2)7-5-13(6-8-21)25-19(29)12-3-4-16-17(9-12)27-20(26-16)28-18-14(22)10-24-11-15(18)23/h3-4,9-11,13H,5-8H2,1-2H3,(H,25,29)(H2,24,26,27,28). The Hall–Kier alpha value is -2.31. The van der Waals surface area contributed by atoms with E-state index in [-0.39, 0.29) is 11.9 Å². The molecule has 1 fully saturated rings. The van der Waals surface area contributed by atoms with Gasteiger partial charge in [-0.1, -0.05) is 37.0 Å². The minimum atomic E-state index is -0.0547. The Morgan fingerprint density at radius 2 is 1.86 bits per heavy atom. The van der Waals surface area contributed by atoms with Crippen LogP contribution in [-0.4, -0.2) is 26.9 Å². The highest BCUT2D eigenvalue weighted by Crippen LogP contribution is 2.35. The molecule has 0 aliphatic heterocycles. The van der Waals surface area contributed by atoms with E-state index < -0.39 is 0 Å². The zero-order chi connectivity index (χ0) is 20.6. The molecule has 0 unspecified atom stereocenters. The number of anilines is 2. The predicted octanol–water partition coefficient (Wildman–Crippen LogP) is 5.71. The first-order valence-electron chi connectivity index (χ1n) is 9.67. The summed E-state index contributed by atoms with van der Waals surface area (Å²) in [4.78, 5) is 24.3. The van der Waals surface area contributed by atoms with Crippen molar-refractivity contribution in [1.29, 1.82) is 0 Å². The van der Waals surface area contributed by atoms with E-state index in [9.17, 15) is 4.79 Å². The number of hydrogen-bond acceptors (Lipinski definition) is 4. The lowest BCUT2D eigenvalue weighted by Gasteiger charge is -2.34. The summed E-state index contributed by atoms with van der Waals surface area (Å²) in [6.45, 7) is 4.57. The Kier molecular flexibility index (Phi) is 5.40. The molecule has 1 aromatic carbocycles. The largest absolute Gasteiger partial charge is 0.349 e. The second-order valence-corrected chi connectivity index (χ2v) is 9.15. The number of hydrogen-bond donors (Lipinski definition) is 3. The monoisotopic (exact) mass is 431 g/mol. The highest BCUT2D eigenvalue weighted by molar-refractivity contribution is 6.39. The molecule has 1 saturated carbocycles. The molecule has 29 heavy (non-hydrogen) atoms. The van der Waals surface area contributed by atoms with Gasteiger partial charge in [0, 0.05) is 24.0 Å². The van der Waals surface area contributed by atoms with Crippen LogP contribution in [0.5, 0.6) is 0 Å². The zero-order valence-electron chi connectivity index (χ0n) is 16.4. The Bertz CT molecular complexity index is 1030. The van der Waals surface area contributed by atoms with Gasteiger partial charge in [-0.05, 0) is 49.3 Å². The molecule has 2 heterocycles. The van der Waals surface area contributed by atoms with Crippen LogP contribution in [0.2, 0.25) is 10.0 Å². The second kappa shape index (κ2) is 7.84. The number of amides is 1. The lowest BCUT2D eigenvalue weighted by Crippen LogP contribution is -2.39. The fourth-order valence-corrected chi connectivity index (χ4v) is 4.13. The van der Waals surface area contributed by atoms with Crippen LogP contribution in [0, 0.1) is 5.41 Å². The van der Waals surface area contributed by atoms with Crippen molar-refractivity contribution in [2.45, 2.75) is 45.6 Å². The van der Waals surface area contributed by atoms with Crippen LogP contribution >= 0.6 is 23.2 Å². The number of nitrogens with zero attached hydrogens (tertiary/aromatic N) is 2. The summed E-state index contributed by atoms with van der Waals surface area (Å²) in [6, 6.07) is 5.67. The summed E-state index contributed by atoms with van der Waals surface area (Å²) in [5.41, 5.74) is 3.01. The van der Waals surface area contributed by atoms with Crippen LogP contribution in [0.4, 0.5) is 11.6 Å². The lowest BCUT2D eigenvalue weighted by molar-refractivity contribution is 0.0909. The van der Waals surface area contributed by atoms with Crippen molar-refractivity contribution < 1.29 is 4.79 Å². The second-order valence-electron chi connectivity index (χ2n) is 8.33. The van der Waals surface area contributed by atoms with Crippen LogP contribution in [-0.2, 0) is 0 Å². The molecular formula is C21H23Cl2N5O. The van der Waals surface area contributed by atoms with Crippen molar-refractivity contribution in [3.8, 4) is 0 Å². The molecule has 1 aliphatic rings. The van der Waals surface area contributed by atoms with Gasteiger partial charge in [-0.25, -0.2) is 4.98 Å². The van der Waals surface area contributed by atoms with Crippen molar-refractivity contribution >= 4 is 51.8 Å². The fourth-order valence-electron chi connectivity index (χ4n) is 3.67. The first kappa shape index (κ1) is 20.0. The molecule has 1 amide bonds. The van der Waals surface area contributed by atoms with Crippen molar-refractivity contribution in [3.63, 3.8) is 0 Å². The predicted molar refractivity (Wildman–Crippen MR) is 117 cm³/mol. The average Bonchev–Trinajstić information content (AvgIpc) is 3.08. The van der Waals surface area contributed by atoms with E-state index in [1.54, 1.807) is 6.07 Å². The highest BCUT2D eigenvalue weighted by atomic mass is 35.5. The van der Waals surface area contributed by atoms with Crippen LogP contribution < -0.4 is 10.6 Å². The number of fused-ring (bicyclic) bond motifs is 1. The number of H-pyrrole nitrogens is 1. The average molecular weight is 432 g/mol. The number of halogens is 2. The Labute approximate surface area is 179 Å². The van der Waals surface area contributed by atoms with Crippen LogP contribution in [0.15, 0.2) is 30.6 Å². The highest BCUT2D eigenvalue weighted by Gasteiger charge is 2.27. The van der Waals surface area contributed by atoms with Gasteiger partial charge in [0.25, 0.3) is 5.91 Å². The normalized spacial score (nSPS) is 16.7. The van der Waals surface area contributed by atoms with E-state index in [0.29, 0.717) is 32.7 Å². The maximum absolute atomic E-state index is 12.7. The van der Waals surface area contributed by atoms with Gasteiger partial charge in [0.05, 0.1) is 26.8 Å². The molecule has 1 aliphatic carbocycles. The number of rotatable bonds is 4. The smallest absolute Gasteiger partial charge is 0.251 e. The Balaban J connectivity index is 1.49. The molecule has 4 rings (SSSR count). The molecule has 3 N–H and O–H groups in total. The van der Waals surface area contributed by atoms with Gasteiger partial charge in [-0.15, -0.1) is 0 Å². The molecular weight excluding hydrogens is 409 g/mol. The molecule has 0 saturated heterocycles. The maximum atomic E-state index is 12.7. The van der Waals surface area contributed by atoms with Gasteiger partial charge < -0.3 is 15.6 Å². The van der Waals surface area contributed by atoms with E-state index in [1.807, 2.05) is 12.1 Å². The molecule has 6 nitrogen and oxygen atoms in total. The van der Waals surface area contributed by atoms with Crippen molar-refractivity contribution in [2.75, 3.05) is 5.32 Å². The van der Waals surface area contributed by atoms with Gasteiger partial charge >= 0.3 is 0 Å². The zero-order valence-corrected chi connectivity index (χ0v) is 17.9. The van der Waals surface area contributed by atoms with Crippen LogP contribution in [0.3, 0.4) is 0 Å². The quantitative estimate of drug-likeness (QED) is 0.493. The summed E-state index contributed by atoms with van der Waals surface area (Å²) in [5.74, 6) is 0.433. The van der Waals surface area contributed by atoms with E-state index in [4.69, 9.17) is 23.2 Å². The van der Waals surface area contributed by atoms with Gasteiger partial charge in [0.2, 0.25) is 5.95 Å². The maximum Gasteiger partial charge on any atom is 0.251 e. The lowest BCUT2D eigenvalue weighted by atomic mass is 9.75. The minimum absolute atomic E-state index is 0.0547. The number of nitrogens with one attached hydrogen (secondary N) is 3. The third-order valence-electron chi connectivity index (χ3n) is 5.52. The number of aromatic amines is 1. The Morgan fingerprint density at radius 3 is 2.55 bits per heavy atom. The summed E-state index contributed by atoms with van der Waals surface area (Å²) < 4.78 is 0. The molecule has 8 heteroatoms. The molecule has 0 atom stereocenters. The first-order chi connectivity index (χ1) is 13.8. The number of pyridine rings is 1. The van der Waals surface area contributed by atoms with E-state index in [1.165, 1.54) is 12.4 Å². The summed E-state index contributed by atoms with van der Waals surface area (Å²) in [5, 5.41) is 7.04. The fraction of sp³-hybridized carbons (Fsp3) is 0.381. The van der Waals surface area contributed by atoms with E-state index in [0.717, 1.165) is 36.7 Å². The van der Waals surface area contributed by atoms with Gasteiger partial charge in [0.15, 0.2) is 0 Å². The molecule has 2 aromatic heterocycles. The van der Waals surface area contributed by atoms with Gasteiger partial charge in [0.1, 0.15) is 0 Å². The third-order valence-corrected chi connectivity index (χ3v) is 6.09. The number of imidazole rings is 1. The molecule has 152 valence electrons. The molecule has 3 aromatic rings. The van der Waals surface area contributed by atoms with E-state index >= 15 is 0 Å². The minimum Gasteiger partial charge on any atom is -0.349 e. The SMILES string of the molecule is CC1(C)CCC(NC(=O)c2ccc3nc(Nc4c(Cl)cncc4Cl)[nH]c3c2)CC1. The van der Waals surface area contributed by atoms with Crippen molar-refractivity contribution in [1.82, 2.24) is 20.3 Å². The topological polar surface area (TPSA) is 82.7 Å². The Morgan fingerprint density at radius 1 is 1.17 bits per heavy atom. The first-order valence-corrected chi connectivity index (χ1v) is 10.4. The molecule has 0 bridgehead atoms. The van der Waals surface area contributed by atoms with Crippen molar-refractivity contribution in [2.24, 2.45) is 5.41 Å². The van der Waals surface area contributed by atoms with Crippen molar-refractivity contribution in [3.05, 3.63) is 46.2 Å². The molecule has 0 spiro atoms. The summed E-state index contributed by atoms with van der Waals surface area (Å²) >= 11 is 12.3. The number of aromatic nitrogens is 3. The van der Waals surface area contributed by atoms with Gasteiger partial charge in [-0.2, -0.15) is 0 Å². The van der Waals surface area contributed by atoms with E-state index in [2.05, 4.69) is 39.4 Å². The van der Waals surface area contributed by atoms with Crippen LogP contribution in [0.25, 0.3) is 11.0 Å². The number of carbonyl (C=O) groups is 1. The molecule has 0 radical (unpaired) electrons. The summed E-state index contributed by atoms with van der Waals surface area (Å²) in [7, 11) is 0. The number of carbonyl (C=O) groups excluding carboxylic acids is 1. The summed E-state index contributed by atoms with van der Waals surface area (Å²) in [6.07, 6.45) is 7.32. The van der Waals surface area contributed by atoms with Crippen LogP contribution in [0.1, 0.15) is 49.9 Å².